The zero-order valence-electron chi connectivity index (χ0n) is 33.1. The molecule has 62 heavy (non-hydrogen) atoms. The first-order valence-electron chi connectivity index (χ1n) is 20.1. The van der Waals surface area contributed by atoms with Crippen molar-refractivity contribution in [2.24, 2.45) is 0 Å². The largest absolute Gasteiger partial charge is 0.445 e. The number of nitrogens with one attached hydrogen (secondary N) is 3. The Morgan fingerprint density at radius 2 is 1.16 bits per heavy atom. The van der Waals surface area contributed by atoms with Gasteiger partial charge < -0.3 is 15.0 Å². The van der Waals surface area contributed by atoms with Gasteiger partial charge >= 0.3 is 6.09 Å². The predicted octanol–water partition coefficient (Wildman–Crippen LogP) is 6.23. The normalized spacial score (nSPS) is 14.1. The summed E-state index contributed by atoms with van der Waals surface area (Å²) < 4.78 is 37.0. The van der Waals surface area contributed by atoms with Crippen LogP contribution in [0.5, 0.6) is 0 Å². The Hall–Kier alpha value is -7.73. The van der Waals surface area contributed by atoms with Gasteiger partial charge in [-0.1, -0.05) is 66.7 Å². The fraction of sp³-hybridized carbons (Fsp3) is 0.205. The van der Waals surface area contributed by atoms with Crippen LogP contribution in [0.1, 0.15) is 40.2 Å². The highest BCUT2D eigenvalue weighted by Crippen LogP contribution is 2.30. The van der Waals surface area contributed by atoms with Gasteiger partial charge in [0.15, 0.2) is 11.3 Å². The van der Waals surface area contributed by atoms with Crippen LogP contribution in [-0.4, -0.2) is 97.1 Å². The number of aromatic nitrogens is 12. The van der Waals surface area contributed by atoms with Gasteiger partial charge in [-0.3, -0.25) is 10.2 Å². The van der Waals surface area contributed by atoms with Gasteiger partial charge in [0, 0.05) is 55.6 Å². The van der Waals surface area contributed by atoms with Crippen LogP contribution >= 0.6 is 0 Å². The molecular formula is C44H38F2N14O2. The maximum absolute atomic E-state index is 14.2. The molecule has 16 nitrogen and oxygen atoms in total. The molecule has 0 unspecified atom stereocenters. The summed E-state index contributed by atoms with van der Waals surface area (Å²) in [7, 11) is 0. The minimum absolute atomic E-state index is 0.0282. The minimum Gasteiger partial charge on any atom is -0.445 e. The highest BCUT2D eigenvalue weighted by Gasteiger charge is 2.35. The Morgan fingerprint density at radius 3 is 1.68 bits per heavy atom. The van der Waals surface area contributed by atoms with Crippen molar-refractivity contribution in [2.75, 3.05) is 26.2 Å². The summed E-state index contributed by atoms with van der Waals surface area (Å²) in [4.78, 5) is 32.1. The maximum atomic E-state index is 14.2. The van der Waals surface area contributed by atoms with E-state index >= 15 is 0 Å². The number of benzene rings is 3. The van der Waals surface area contributed by atoms with Gasteiger partial charge in [0.05, 0.1) is 29.8 Å². The number of ether oxygens (including phenoxy) is 1. The second-order valence-corrected chi connectivity index (χ2v) is 15.0. The number of amides is 1. The molecule has 1 amide bonds. The molecular weight excluding hydrogens is 795 g/mol. The van der Waals surface area contributed by atoms with Gasteiger partial charge in [0.1, 0.15) is 41.3 Å². The van der Waals surface area contributed by atoms with Gasteiger partial charge in [0.2, 0.25) is 11.6 Å². The van der Waals surface area contributed by atoms with Crippen molar-refractivity contribution in [2.45, 2.75) is 31.5 Å². The highest BCUT2D eigenvalue weighted by molar-refractivity contribution is 5.90. The summed E-state index contributed by atoms with van der Waals surface area (Å²) >= 11 is 0. The maximum Gasteiger partial charge on any atom is 0.410 e. The average Bonchev–Trinajstić information content (AvgIpc) is 4.08. The Balaban J connectivity index is 0.000000156. The molecule has 2 fully saturated rings. The van der Waals surface area contributed by atoms with Gasteiger partial charge in [0.25, 0.3) is 0 Å². The smallest absolute Gasteiger partial charge is 0.410 e. The van der Waals surface area contributed by atoms with E-state index in [2.05, 4.69) is 55.8 Å². The first kappa shape index (κ1) is 38.5. The summed E-state index contributed by atoms with van der Waals surface area (Å²) in [6.45, 7) is 3.56. The minimum atomic E-state index is -0.348. The second kappa shape index (κ2) is 16.7. The number of nitrogens with zero attached hydrogens (tertiary/aromatic N) is 11. The Labute approximate surface area is 352 Å². The van der Waals surface area contributed by atoms with Crippen molar-refractivity contribution in [3.05, 3.63) is 155 Å². The fourth-order valence-electron chi connectivity index (χ4n) is 7.36. The molecule has 6 aromatic heterocycles. The number of H-pyrrole nitrogens is 2. The summed E-state index contributed by atoms with van der Waals surface area (Å²) in [5, 5.41) is 28.9. The second-order valence-electron chi connectivity index (χ2n) is 15.0. The third-order valence-electron chi connectivity index (χ3n) is 10.9. The molecule has 11 rings (SSSR count). The summed E-state index contributed by atoms with van der Waals surface area (Å²) in [5.41, 5.74) is 4.54. The van der Waals surface area contributed by atoms with E-state index in [1.165, 1.54) is 12.1 Å². The number of pyridine rings is 2. The number of hydrogen-bond donors (Lipinski definition) is 3. The van der Waals surface area contributed by atoms with E-state index in [1.807, 2.05) is 60.7 Å². The molecule has 0 bridgehead atoms. The lowest BCUT2D eigenvalue weighted by Crippen LogP contribution is -2.49. The Kier molecular flexibility index (Phi) is 10.4. The van der Waals surface area contributed by atoms with Gasteiger partial charge in [-0.15, -0.1) is 0 Å². The number of hydrogen-bond acceptors (Lipinski definition) is 11. The van der Waals surface area contributed by atoms with Crippen molar-refractivity contribution in [1.29, 1.82) is 0 Å². The molecule has 0 saturated carbocycles. The number of rotatable bonds is 10. The fourth-order valence-corrected chi connectivity index (χ4v) is 7.36. The Bertz CT molecular complexity index is 3010. The zero-order valence-corrected chi connectivity index (χ0v) is 33.1. The highest BCUT2D eigenvalue weighted by atomic mass is 19.1. The van der Waals surface area contributed by atoms with E-state index in [-0.39, 0.29) is 36.8 Å². The lowest BCUT2D eigenvalue weighted by atomic mass is 10.0. The topological polar surface area (TPSA) is 186 Å². The molecule has 0 spiro atoms. The number of fused-ring (bicyclic) bond motifs is 2. The number of carbonyl (C=O) groups excluding carboxylic acids is 1. The van der Waals surface area contributed by atoms with E-state index < -0.39 is 0 Å². The van der Waals surface area contributed by atoms with Crippen molar-refractivity contribution < 1.29 is 18.3 Å². The molecule has 9 aromatic rings. The molecule has 310 valence electrons. The quantitative estimate of drug-likeness (QED) is 0.142. The summed E-state index contributed by atoms with van der Waals surface area (Å²) in [6.07, 6.45) is 3.03. The van der Waals surface area contributed by atoms with Crippen LogP contribution in [-0.2, 0) is 24.4 Å². The van der Waals surface area contributed by atoms with E-state index in [0.717, 1.165) is 35.2 Å². The molecule has 2 aliphatic rings. The predicted molar refractivity (Wildman–Crippen MR) is 223 cm³/mol. The van der Waals surface area contributed by atoms with Crippen LogP contribution < -0.4 is 5.32 Å². The SMILES string of the molecule is Fc1ccccc1Cn1nc(-c2n[nH]c(C3CNC3)n2)c2cccnc21.O=C(OCc1ccccc1)N1CC(c2nc(-c3nn(Cc4ccccc4F)c4ncccc34)n[nH]2)C1. The first-order valence-corrected chi connectivity index (χ1v) is 20.1. The van der Waals surface area contributed by atoms with Gasteiger partial charge in [-0.05, 0) is 42.0 Å². The van der Waals surface area contributed by atoms with Crippen LogP contribution in [0.4, 0.5) is 13.6 Å². The molecule has 3 N–H and O–H groups in total. The zero-order chi connectivity index (χ0) is 42.0. The van der Waals surface area contributed by atoms with E-state index in [4.69, 9.17) is 4.74 Å². The van der Waals surface area contributed by atoms with Crippen molar-refractivity contribution >= 4 is 28.2 Å². The van der Waals surface area contributed by atoms with E-state index in [9.17, 15) is 13.6 Å². The van der Waals surface area contributed by atoms with Crippen LogP contribution in [0, 0.1) is 11.6 Å². The van der Waals surface area contributed by atoms with Gasteiger partial charge in [-0.2, -0.15) is 20.4 Å². The molecule has 3 aromatic carbocycles. The monoisotopic (exact) mass is 832 g/mol. The third kappa shape index (κ3) is 7.74. The number of halogens is 2. The molecule has 0 aliphatic carbocycles. The number of carbonyl (C=O) groups is 1. The molecule has 18 heteroatoms. The molecule has 0 radical (unpaired) electrons. The van der Waals surface area contributed by atoms with Crippen molar-refractivity contribution in [1.82, 2.24) is 70.1 Å². The van der Waals surface area contributed by atoms with Crippen LogP contribution in [0.2, 0.25) is 0 Å². The van der Waals surface area contributed by atoms with Crippen molar-refractivity contribution in [3.63, 3.8) is 0 Å². The van der Waals surface area contributed by atoms with E-state index in [0.29, 0.717) is 76.8 Å². The number of aromatic amines is 2. The summed E-state index contributed by atoms with van der Waals surface area (Å²) in [6, 6.07) is 30.4. The molecule has 2 aliphatic heterocycles. The van der Waals surface area contributed by atoms with Crippen LogP contribution in [0.3, 0.4) is 0 Å². The van der Waals surface area contributed by atoms with Crippen LogP contribution in [0.25, 0.3) is 45.1 Å². The van der Waals surface area contributed by atoms with E-state index in [1.54, 1.807) is 57.0 Å². The standard InChI is InChI=1S/C26H22FN7O2.C18H16FN7/c27-21-11-5-4-9-18(21)15-34-25-20(10-6-12-28-25)22(32-34)24-29-23(30-31-24)19-13-33(14-19)26(35)36-16-17-7-2-1-3-8-17;19-14-6-2-1-4-11(14)10-26-18-13(5-3-7-21-18)15(25-26)17-22-16(23-24-17)12-8-20-9-12/h1-12,19H,13-16H2,(H,29,30,31);1-7,12,20H,8-10H2,(H,22,23,24). The van der Waals surface area contributed by atoms with Gasteiger partial charge in [-0.25, -0.2) is 42.9 Å². The number of likely N-dealkylation sites (tertiary alicyclic amines) is 1. The molecule has 2 saturated heterocycles. The lowest BCUT2D eigenvalue weighted by molar-refractivity contribution is 0.0651. The van der Waals surface area contributed by atoms with Crippen molar-refractivity contribution in [3.8, 4) is 23.0 Å². The molecule has 8 heterocycles. The third-order valence-corrected chi connectivity index (χ3v) is 10.9. The average molecular weight is 833 g/mol. The first-order chi connectivity index (χ1) is 30.4. The van der Waals surface area contributed by atoms with Crippen LogP contribution in [0.15, 0.2) is 116 Å². The summed E-state index contributed by atoms with van der Waals surface area (Å²) in [5.74, 6) is 2.35. The lowest BCUT2D eigenvalue weighted by Gasteiger charge is -2.36. The Morgan fingerprint density at radius 1 is 0.645 bits per heavy atom. The molecule has 0 atom stereocenters.